The molecule has 0 spiro atoms. The molecule has 2 nitrogen and oxygen atoms in total. The van der Waals surface area contributed by atoms with E-state index in [9.17, 15) is 0 Å². The zero-order valence-electron chi connectivity index (χ0n) is 7.60. The maximum Gasteiger partial charge on any atom is 0.133 e. The summed E-state index contributed by atoms with van der Waals surface area (Å²) < 4.78 is 6.06. The van der Waals surface area contributed by atoms with Crippen molar-refractivity contribution >= 4 is 15.9 Å². The number of ether oxygens (including phenoxy) is 1. The number of rotatable bonds is 2. The molecule has 1 aromatic rings. The molecule has 0 aromatic heterocycles. The summed E-state index contributed by atoms with van der Waals surface area (Å²) in [4.78, 5) is 0. The van der Waals surface area contributed by atoms with E-state index >= 15 is 0 Å². The summed E-state index contributed by atoms with van der Waals surface area (Å²) in [7, 11) is 1.63. The van der Waals surface area contributed by atoms with Crippen molar-refractivity contribution in [3.05, 3.63) is 27.7 Å². The molecule has 0 bridgehead atoms. The summed E-state index contributed by atoms with van der Waals surface area (Å²) in [5.74, 6) is 0.805. The molecule has 0 fully saturated rings. The lowest BCUT2D eigenvalue weighted by molar-refractivity contribution is 0.411. The SMILES string of the molecule is COc1ccc(CC#N)c(C)c1Br. The smallest absolute Gasteiger partial charge is 0.133 e. The Morgan fingerprint density at radius 3 is 2.77 bits per heavy atom. The van der Waals surface area contributed by atoms with Gasteiger partial charge in [-0.3, -0.25) is 0 Å². The Hall–Kier alpha value is -1.01. The van der Waals surface area contributed by atoms with Crippen LogP contribution in [-0.4, -0.2) is 7.11 Å². The van der Waals surface area contributed by atoms with Crippen molar-refractivity contribution in [2.75, 3.05) is 7.11 Å². The average Bonchev–Trinajstić information content (AvgIpc) is 2.14. The molecule has 0 heterocycles. The summed E-state index contributed by atoms with van der Waals surface area (Å²) in [6.45, 7) is 1.97. The van der Waals surface area contributed by atoms with Crippen molar-refractivity contribution in [3.8, 4) is 11.8 Å². The molecule has 13 heavy (non-hydrogen) atoms. The van der Waals surface area contributed by atoms with Crippen LogP contribution in [0.15, 0.2) is 16.6 Å². The first-order valence-electron chi connectivity index (χ1n) is 3.89. The van der Waals surface area contributed by atoms with Gasteiger partial charge in [-0.2, -0.15) is 5.26 Å². The molecule has 0 atom stereocenters. The van der Waals surface area contributed by atoms with E-state index in [4.69, 9.17) is 10.00 Å². The summed E-state index contributed by atoms with van der Waals surface area (Å²) in [5, 5.41) is 8.56. The summed E-state index contributed by atoms with van der Waals surface area (Å²) in [6, 6.07) is 5.91. The largest absolute Gasteiger partial charge is 0.496 e. The van der Waals surface area contributed by atoms with Crippen LogP contribution in [0.1, 0.15) is 11.1 Å². The molecule has 0 radical (unpaired) electrons. The topological polar surface area (TPSA) is 33.0 Å². The lowest BCUT2D eigenvalue weighted by Crippen LogP contribution is -1.92. The van der Waals surface area contributed by atoms with E-state index < -0.39 is 0 Å². The average molecular weight is 240 g/mol. The highest BCUT2D eigenvalue weighted by atomic mass is 79.9. The number of hydrogen-bond donors (Lipinski definition) is 0. The number of hydrogen-bond acceptors (Lipinski definition) is 2. The van der Waals surface area contributed by atoms with Gasteiger partial charge >= 0.3 is 0 Å². The molecule has 0 unspecified atom stereocenters. The Morgan fingerprint density at radius 2 is 2.23 bits per heavy atom. The monoisotopic (exact) mass is 239 g/mol. The third-order valence-corrected chi connectivity index (χ3v) is 2.94. The lowest BCUT2D eigenvalue weighted by Gasteiger charge is -2.08. The summed E-state index contributed by atoms with van der Waals surface area (Å²) >= 11 is 3.43. The van der Waals surface area contributed by atoms with Gasteiger partial charge in [0.1, 0.15) is 5.75 Å². The predicted octanol–water partition coefficient (Wildman–Crippen LogP) is 2.83. The Morgan fingerprint density at radius 1 is 1.54 bits per heavy atom. The third-order valence-electron chi connectivity index (χ3n) is 1.95. The molecule has 1 aromatic carbocycles. The Kier molecular flexibility index (Phi) is 3.32. The van der Waals surface area contributed by atoms with E-state index in [1.807, 2.05) is 19.1 Å². The third kappa shape index (κ3) is 2.02. The van der Waals surface area contributed by atoms with Crippen molar-refractivity contribution < 1.29 is 4.74 Å². The van der Waals surface area contributed by atoms with Gasteiger partial charge in [-0.05, 0) is 40.0 Å². The van der Waals surface area contributed by atoms with E-state index in [1.165, 1.54) is 0 Å². The van der Waals surface area contributed by atoms with Crippen LogP contribution < -0.4 is 4.74 Å². The summed E-state index contributed by atoms with van der Waals surface area (Å²) in [6.07, 6.45) is 0.439. The zero-order chi connectivity index (χ0) is 9.84. The fraction of sp³-hybridized carbons (Fsp3) is 0.300. The van der Waals surface area contributed by atoms with Gasteiger partial charge < -0.3 is 4.74 Å². The van der Waals surface area contributed by atoms with Crippen LogP contribution in [0.25, 0.3) is 0 Å². The van der Waals surface area contributed by atoms with Crippen molar-refractivity contribution in [3.63, 3.8) is 0 Å². The molecule has 0 amide bonds. The number of benzene rings is 1. The van der Waals surface area contributed by atoms with Crippen LogP contribution in [0.4, 0.5) is 0 Å². The molecule has 0 aliphatic carbocycles. The number of halogens is 1. The van der Waals surface area contributed by atoms with Gasteiger partial charge in [-0.15, -0.1) is 0 Å². The molecular formula is C10H10BrNO. The van der Waals surface area contributed by atoms with Crippen LogP contribution >= 0.6 is 15.9 Å². The summed E-state index contributed by atoms with van der Waals surface area (Å²) in [5.41, 5.74) is 2.11. The van der Waals surface area contributed by atoms with Crippen LogP contribution in [0.5, 0.6) is 5.75 Å². The first-order valence-corrected chi connectivity index (χ1v) is 4.69. The molecule has 3 heteroatoms. The Balaban J connectivity index is 3.17. The van der Waals surface area contributed by atoms with E-state index in [-0.39, 0.29) is 0 Å². The van der Waals surface area contributed by atoms with Gasteiger partial charge in [-0.25, -0.2) is 0 Å². The Bertz CT molecular complexity index is 355. The van der Waals surface area contributed by atoms with E-state index in [1.54, 1.807) is 7.11 Å². The van der Waals surface area contributed by atoms with Gasteiger partial charge in [0, 0.05) is 0 Å². The standard InChI is InChI=1S/C10H10BrNO/c1-7-8(5-6-12)3-4-9(13-2)10(7)11/h3-4H,5H2,1-2H3. The second kappa shape index (κ2) is 4.29. The highest BCUT2D eigenvalue weighted by molar-refractivity contribution is 9.10. The van der Waals surface area contributed by atoms with Crippen LogP contribution in [0.2, 0.25) is 0 Å². The molecule has 1 rings (SSSR count). The normalized spacial score (nSPS) is 9.38. The maximum absolute atomic E-state index is 8.56. The number of nitrogens with zero attached hydrogens (tertiary/aromatic N) is 1. The van der Waals surface area contributed by atoms with Gasteiger partial charge in [0.15, 0.2) is 0 Å². The second-order valence-electron chi connectivity index (χ2n) is 2.70. The van der Waals surface area contributed by atoms with Crippen LogP contribution in [0, 0.1) is 18.3 Å². The van der Waals surface area contributed by atoms with Gasteiger partial charge in [0.25, 0.3) is 0 Å². The zero-order valence-corrected chi connectivity index (χ0v) is 9.18. The van der Waals surface area contributed by atoms with Crippen LogP contribution in [-0.2, 0) is 6.42 Å². The van der Waals surface area contributed by atoms with E-state index in [2.05, 4.69) is 22.0 Å². The fourth-order valence-electron chi connectivity index (χ4n) is 1.13. The molecule has 0 aliphatic rings. The molecular weight excluding hydrogens is 230 g/mol. The quantitative estimate of drug-likeness (QED) is 0.796. The minimum Gasteiger partial charge on any atom is -0.496 e. The first kappa shape index (κ1) is 10.1. The molecule has 68 valence electrons. The van der Waals surface area contributed by atoms with Crippen molar-refractivity contribution in [2.45, 2.75) is 13.3 Å². The van der Waals surface area contributed by atoms with E-state index in [0.29, 0.717) is 6.42 Å². The van der Waals surface area contributed by atoms with E-state index in [0.717, 1.165) is 21.3 Å². The molecule has 0 aliphatic heterocycles. The number of methoxy groups -OCH3 is 1. The van der Waals surface area contributed by atoms with Crippen molar-refractivity contribution in [1.82, 2.24) is 0 Å². The Labute approximate surface area is 86.3 Å². The second-order valence-corrected chi connectivity index (χ2v) is 3.49. The fourth-order valence-corrected chi connectivity index (χ4v) is 1.68. The van der Waals surface area contributed by atoms with Crippen LogP contribution in [0.3, 0.4) is 0 Å². The van der Waals surface area contributed by atoms with Gasteiger partial charge in [-0.1, -0.05) is 6.07 Å². The highest BCUT2D eigenvalue weighted by Gasteiger charge is 2.06. The molecule has 0 saturated heterocycles. The first-order chi connectivity index (χ1) is 6.20. The minimum absolute atomic E-state index is 0.439. The van der Waals surface area contributed by atoms with Gasteiger partial charge in [0.2, 0.25) is 0 Å². The van der Waals surface area contributed by atoms with Gasteiger partial charge in [0.05, 0.1) is 24.1 Å². The highest BCUT2D eigenvalue weighted by Crippen LogP contribution is 2.30. The van der Waals surface area contributed by atoms with Crippen molar-refractivity contribution in [2.24, 2.45) is 0 Å². The van der Waals surface area contributed by atoms with Crippen molar-refractivity contribution in [1.29, 1.82) is 5.26 Å². The minimum atomic E-state index is 0.439. The lowest BCUT2D eigenvalue weighted by atomic mass is 10.1. The predicted molar refractivity (Wildman–Crippen MR) is 54.7 cm³/mol. The maximum atomic E-state index is 8.56. The molecule has 0 N–H and O–H groups in total. The number of nitriles is 1. The molecule has 0 saturated carbocycles.